The van der Waals surface area contributed by atoms with Gasteiger partial charge in [-0.25, -0.2) is 0 Å². The zero-order valence-electron chi connectivity index (χ0n) is 13.2. The Morgan fingerprint density at radius 3 is 1.89 bits per heavy atom. The van der Waals surface area contributed by atoms with Gasteiger partial charge in [0.1, 0.15) is 6.10 Å². The van der Waals surface area contributed by atoms with Gasteiger partial charge in [0, 0.05) is 12.1 Å². The number of alkyl halides is 5. The average molecular weight is 489 g/mol. The molecule has 27 heavy (non-hydrogen) atoms. The van der Waals surface area contributed by atoms with E-state index in [1.54, 1.807) is 0 Å². The van der Waals surface area contributed by atoms with Crippen molar-refractivity contribution in [3.63, 3.8) is 0 Å². The summed E-state index contributed by atoms with van der Waals surface area (Å²) >= 11 is 25.4. The van der Waals surface area contributed by atoms with Gasteiger partial charge in [0.15, 0.2) is 11.1 Å². The third-order valence-corrected chi connectivity index (χ3v) is 3.82. The topological polar surface area (TPSA) is 153 Å². The minimum Gasteiger partial charge on any atom is -0.394 e. The maximum atomic E-state index is 11.3. The van der Waals surface area contributed by atoms with Crippen molar-refractivity contribution >= 4 is 69.6 Å². The lowest BCUT2D eigenvalue weighted by Gasteiger charge is -2.22. The van der Waals surface area contributed by atoms with Crippen LogP contribution in [0.5, 0.6) is 0 Å². The number of nitrogens with one attached hydrogen (secondary N) is 1. The van der Waals surface area contributed by atoms with Crippen LogP contribution in [0.15, 0.2) is 24.3 Å². The van der Waals surface area contributed by atoms with E-state index < -0.39 is 44.5 Å². The summed E-state index contributed by atoms with van der Waals surface area (Å²) in [5.74, 6) is -0.756. The number of aliphatic hydroxyl groups is 4. The molecule has 9 nitrogen and oxygen atoms in total. The lowest BCUT2D eigenvalue weighted by molar-refractivity contribution is -0.384. The van der Waals surface area contributed by atoms with Crippen LogP contribution >= 0.6 is 58.0 Å². The maximum Gasteiger partial charge on any atom is 0.269 e. The van der Waals surface area contributed by atoms with Gasteiger partial charge in [-0.15, -0.1) is 0 Å². The molecular weight excluding hydrogens is 473 g/mol. The molecule has 0 aliphatic heterocycles. The van der Waals surface area contributed by atoms with Crippen LogP contribution < -0.4 is 5.32 Å². The zero-order valence-corrected chi connectivity index (χ0v) is 17.0. The van der Waals surface area contributed by atoms with Crippen molar-refractivity contribution in [2.75, 3.05) is 6.61 Å². The Hall–Kier alpha value is -0.620. The number of nitro benzene ring substituents is 1. The SMILES string of the molecule is O=C(N[C@H](CO)[C@H](O)c1ccc([N+](=O)[O-])cc1)C(Cl)Cl.OC(O)C(Cl)(Cl)Cl. The fraction of sp³-hybridized carbons (Fsp3) is 0.462. The summed E-state index contributed by atoms with van der Waals surface area (Å²) < 4.78 is -1.97. The summed E-state index contributed by atoms with van der Waals surface area (Å²) in [4.78, 5) is 19.9. The fourth-order valence-electron chi connectivity index (χ4n) is 1.50. The van der Waals surface area contributed by atoms with Crippen molar-refractivity contribution in [1.82, 2.24) is 5.32 Å². The normalized spacial score (nSPS) is 13.6. The quantitative estimate of drug-likeness (QED) is 0.176. The molecule has 1 amide bonds. The van der Waals surface area contributed by atoms with E-state index in [0.29, 0.717) is 5.56 Å². The van der Waals surface area contributed by atoms with Gasteiger partial charge in [-0.05, 0) is 17.7 Å². The van der Waals surface area contributed by atoms with Crippen LogP contribution in [-0.2, 0) is 4.79 Å². The van der Waals surface area contributed by atoms with E-state index in [4.69, 9.17) is 73.3 Å². The minimum absolute atomic E-state index is 0.132. The summed E-state index contributed by atoms with van der Waals surface area (Å²) in [6, 6.07) is 4.05. The molecule has 14 heteroatoms. The van der Waals surface area contributed by atoms with Crippen LogP contribution in [0.2, 0.25) is 0 Å². The first-order valence-electron chi connectivity index (χ1n) is 6.85. The van der Waals surface area contributed by atoms with E-state index in [2.05, 4.69) is 5.32 Å². The third kappa shape index (κ3) is 9.93. The molecule has 0 fully saturated rings. The number of hydrogen-bond acceptors (Lipinski definition) is 7. The van der Waals surface area contributed by atoms with Crippen molar-refractivity contribution in [1.29, 1.82) is 0 Å². The number of amides is 1. The predicted octanol–water partition coefficient (Wildman–Crippen LogP) is 1.58. The highest BCUT2D eigenvalue weighted by molar-refractivity contribution is 6.67. The molecule has 0 aliphatic carbocycles. The first kappa shape index (κ1) is 26.4. The Kier molecular flexibility index (Phi) is 11.8. The number of carbonyl (C=O) groups is 1. The molecule has 0 aliphatic rings. The number of carbonyl (C=O) groups excluding carboxylic acids is 1. The van der Waals surface area contributed by atoms with Crippen LogP contribution in [0.1, 0.15) is 11.7 Å². The summed E-state index contributed by atoms with van der Waals surface area (Å²) in [6.45, 7) is -0.551. The molecule has 1 rings (SSSR count). The fourth-order valence-corrected chi connectivity index (χ4v) is 1.62. The Morgan fingerprint density at radius 2 is 1.59 bits per heavy atom. The molecule has 0 aromatic heterocycles. The maximum absolute atomic E-state index is 11.3. The van der Waals surface area contributed by atoms with E-state index in [1.807, 2.05) is 0 Å². The second kappa shape index (κ2) is 12.1. The Labute approximate surface area is 178 Å². The minimum atomic E-state index is -1.97. The molecule has 0 radical (unpaired) electrons. The summed E-state index contributed by atoms with van der Waals surface area (Å²) in [7, 11) is 0. The van der Waals surface area contributed by atoms with Gasteiger partial charge in [-0.1, -0.05) is 58.0 Å². The van der Waals surface area contributed by atoms with Crippen LogP contribution in [0.25, 0.3) is 0 Å². The van der Waals surface area contributed by atoms with Crippen molar-refractivity contribution in [2.45, 2.75) is 27.1 Å². The summed E-state index contributed by atoms with van der Waals surface area (Å²) in [6.07, 6.45) is -3.16. The van der Waals surface area contributed by atoms with Crippen molar-refractivity contribution in [3.8, 4) is 0 Å². The molecule has 0 spiro atoms. The van der Waals surface area contributed by atoms with Crippen LogP contribution in [0.3, 0.4) is 0 Å². The molecule has 1 aromatic carbocycles. The number of benzene rings is 1. The van der Waals surface area contributed by atoms with Crippen molar-refractivity contribution in [2.24, 2.45) is 0 Å². The largest absolute Gasteiger partial charge is 0.394 e. The summed E-state index contributed by atoms with van der Waals surface area (Å²) in [5, 5.41) is 48.0. The van der Waals surface area contributed by atoms with Gasteiger partial charge in [-0.2, -0.15) is 0 Å². The Bertz CT molecular complexity index is 610. The van der Waals surface area contributed by atoms with Crippen LogP contribution in [0, 0.1) is 10.1 Å². The van der Waals surface area contributed by atoms with Gasteiger partial charge in [0.05, 0.1) is 17.6 Å². The van der Waals surface area contributed by atoms with E-state index in [1.165, 1.54) is 24.3 Å². The third-order valence-electron chi connectivity index (χ3n) is 2.84. The standard InChI is InChI=1S/C11H12Cl2N2O5.C2H3Cl3O2/c12-10(13)11(18)14-8(5-16)9(17)6-1-3-7(4-2-6)15(19)20;3-2(4,5)1(6)7/h1-4,8-10,16-17H,5H2,(H,14,18);1,6-7H/t8-,9-;/m1./s1. The molecule has 5 N–H and O–H groups in total. The van der Waals surface area contributed by atoms with Gasteiger partial charge in [0.2, 0.25) is 3.79 Å². The highest BCUT2D eigenvalue weighted by Gasteiger charge is 2.28. The molecule has 1 aromatic rings. The second-order valence-corrected chi connectivity index (χ2v) is 8.27. The number of non-ortho nitro benzene ring substituents is 1. The number of nitrogens with zero attached hydrogens (tertiary/aromatic N) is 1. The van der Waals surface area contributed by atoms with Crippen LogP contribution in [-0.4, -0.2) is 58.8 Å². The molecular formula is C13H15Cl5N2O7. The molecule has 0 saturated carbocycles. The first-order chi connectivity index (χ1) is 12.3. The monoisotopic (exact) mass is 486 g/mol. The number of aliphatic hydroxyl groups excluding tert-OH is 3. The predicted molar refractivity (Wildman–Crippen MR) is 101 cm³/mol. The number of halogens is 5. The number of hydrogen-bond donors (Lipinski definition) is 5. The van der Waals surface area contributed by atoms with Gasteiger partial charge < -0.3 is 25.7 Å². The van der Waals surface area contributed by atoms with Gasteiger partial charge in [0.25, 0.3) is 11.6 Å². The van der Waals surface area contributed by atoms with Crippen LogP contribution in [0.4, 0.5) is 5.69 Å². The number of rotatable bonds is 6. The van der Waals surface area contributed by atoms with Crippen molar-refractivity contribution < 1.29 is 30.1 Å². The lowest BCUT2D eigenvalue weighted by atomic mass is 10.0. The van der Waals surface area contributed by atoms with E-state index in [0.717, 1.165) is 0 Å². The van der Waals surface area contributed by atoms with E-state index in [9.17, 15) is 20.0 Å². The Balaban J connectivity index is 0.000000821. The zero-order chi connectivity index (χ0) is 21.4. The first-order valence-corrected chi connectivity index (χ1v) is 8.86. The molecule has 154 valence electrons. The molecule has 0 saturated heterocycles. The number of nitro groups is 1. The molecule has 2 atom stereocenters. The average Bonchev–Trinajstić information content (AvgIpc) is 2.58. The van der Waals surface area contributed by atoms with E-state index >= 15 is 0 Å². The lowest BCUT2D eigenvalue weighted by Crippen LogP contribution is -2.44. The van der Waals surface area contributed by atoms with Gasteiger partial charge in [-0.3, -0.25) is 14.9 Å². The summed E-state index contributed by atoms with van der Waals surface area (Å²) in [5.41, 5.74) is 0.169. The second-order valence-electron chi connectivity index (χ2n) is 4.81. The molecule has 0 unspecified atom stereocenters. The molecule has 0 heterocycles. The van der Waals surface area contributed by atoms with E-state index in [-0.39, 0.29) is 5.69 Å². The smallest absolute Gasteiger partial charge is 0.269 e. The Morgan fingerprint density at radius 1 is 1.15 bits per heavy atom. The van der Waals surface area contributed by atoms with Crippen molar-refractivity contribution in [3.05, 3.63) is 39.9 Å². The van der Waals surface area contributed by atoms with Gasteiger partial charge >= 0.3 is 0 Å². The molecule has 0 bridgehead atoms. The highest BCUT2D eigenvalue weighted by Crippen LogP contribution is 2.28. The highest BCUT2D eigenvalue weighted by atomic mass is 35.6.